The summed E-state index contributed by atoms with van der Waals surface area (Å²) < 4.78 is 11.4. The minimum atomic E-state index is -0.984. The molecule has 0 aromatic heterocycles. The number of aryl methyl sites for hydroxylation is 1. The van der Waals surface area contributed by atoms with Gasteiger partial charge in [-0.2, -0.15) is 0 Å². The Morgan fingerprint density at radius 1 is 1.07 bits per heavy atom. The Balaban J connectivity index is 1.35. The second-order valence-corrected chi connectivity index (χ2v) is 8.29. The molecule has 0 bridgehead atoms. The zero-order valence-electron chi connectivity index (χ0n) is 17.0. The zero-order chi connectivity index (χ0) is 20.2. The van der Waals surface area contributed by atoms with Crippen LogP contribution in [0.25, 0.3) is 0 Å². The van der Waals surface area contributed by atoms with Crippen LogP contribution in [0.4, 0.5) is 0 Å². The number of piperidine rings is 1. The van der Waals surface area contributed by atoms with Crippen molar-refractivity contribution in [3.63, 3.8) is 0 Å². The largest absolute Gasteiger partial charge is 0.486 e. The number of aliphatic carboxylic acids is 1. The quantitative estimate of drug-likeness (QED) is 0.751. The Labute approximate surface area is 172 Å². The van der Waals surface area contributed by atoms with Crippen LogP contribution in [0, 0.1) is 5.92 Å². The van der Waals surface area contributed by atoms with Gasteiger partial charge in [0.05, 0.1) is 0 Å². The van der Waals surface area contributed by atoms with Crippen LogP contribution in [0.3, 0.4) is 0 Å². The fraction of sp³-hybridized carbons (Fsp3) is 0.458. The molecule has 1 N–H and O–H groups in total. The summed E-state index contributed by atoms with van der Waals surface area (Å²) in [5, 5.41) is 8.68. The number of fused-ring (bicyclic) bond motifs is 1. The Kier molecular flexibility index (Phi) is 6.05. The van der Waals surface area contributed by atoms with E-state index in [2.05, 4.69) is 30.0 Å². The smallest absolute Gasteiger partial charge is 0.341 e. The Bertz CT molecular complexity index is 840. The summed E-state index contributed by atoms with van der Waals surface area (Å²) in [6.07, 6.45) is 4.71. The number of carboxylic acids is 1. The van der Waals surface area contributed by atoms with Crippen molar-refractivity contribution >= 4 is 5.97 Å². The third-order valence-electron chi connectivity index (χ3n) is 5.98. The summed E-state index contributed by atoms with van der Waals surface area (Å²) in [5.74, 6) is 1.18. The minimum absolute atomic E-state index is 0.0701. The van der Waals surface area contributed by atoms with Gasteiger partial charge >= 0.3 is 5.97 Å². The Hall–Kier alpha value is -2.53. The molecule has 1 saturated heterocycles. The molecular weight excluding hydrogens is 366 g/mol. The first kappa shape index (κ1) is 19.8. The van der Waals surface area contributed by atoms with Gasteiger partial charge in [0.2, 0.25) is 0 Å². The molecule has 1 aliphatic carbocycles. The number of rotatable bonds is 7. The molecular formula is C24H29NO4. The molecule has 5 heteroatoms. The highest BCUT2D eigenvalue weighted by Crippen LogP contribution is 2.36. The van der Waals surface area contributed by atoms with Crippen LogP contribution in [-0.4, -0.2) is 35.7 Å². The summed E-state index contributed by atoms with van der Waals surface area (Å²) >= 11 is 0. The number of carbonyl (C=O) groups is 1. The zero-order valence-corrected chi connectivity index (χ0v) is 17.0. The van der Waals surface area contributed by atoms with E-state index in [0.29, 0.717) is 5.75 Å². The molecule has 0 radical (unpaired) electrons. The van der Waals surface area contributed by atoms with Gasteiger partial charge in [-0.15, -0.1) is 0 Å². The first-order valence-electron chi connectivity index (χ1n) is 10.5. The van der Waals surface area contributed by atoms with Gasteiger partial charge in [0.1, 0.15) is 17.6 Å². The molecule has 5 nitrogen and oxygen atoms in total. The average molecular weight is 395 g/mol. The van der Waals surface area contributed by atoms with Crippen molar-refractivity contribution < 1.29 is 19.4 Å². The number of hydrogen-bond donors (Lipinski definition) is 1. The van der Waals surface area contributed by atoms with Gasteiger partial charge in [0, 0.05) is 6.54 Å². The van der Waals surface area contributed by atoms with Crippen molar-refractivity contribution in [2.45, 2.75) is 45.3 Å². The molecule has 29 heavy (non-hydrogen) atoms. The van der Waals surface area contributed by atoms with Crippen LogP contribution < -0.4 is 9.47 Å². The molecule has 4 rings (SSSR count). The standard InChI is InChI=1S/C24H29NO4/c1-17-10-12-25(13-11-17)15-18-2-8-22-19(14-18)3-9-23(22)29-21-6-4-20(5-7-21)28-16-24(26)27/h2,4-8,14,17,23H,3,9-13,15-16H2,1H3,(H,26,27)/t23-/m1/s1. The van der Waals surface area contributed by atoms with Gasteiger partial charge in [0.15, 0.2) is 6.61 Å². The van der Waals surface area contributed by atoms with Crippen LogP contribution in [0.5, 0.6) is 11.5 Å². The van der Waals surface area contributed by atoms with Crippen molar-refractivity contribution in [2.24, 2.45) is 5.92 Å². The average Bonchev–Trinajstić information content (AvgIpc) is 3.11. The van der Waals surface area contributed by atoms with Crippen molar-refractivity contribution in [1.29, 1.82) is 0 Å². The highest BCUT2D eigenvalue weighted by atomic mass is 16.5. The molecule has 0 amide bonds. The number of benzene rings is 2. The van der Waals surface area contributed by atoms with E-state index in [1.807, 2.05) is 12.1 Å². The van der Waals surface area contributed by atoms with E-state index in [4.69, 9.17) is 14.6 Å². The lowest BCUT2D eigenvalue weighted by Gasteiger charge is -2.30. The highest BCUT2D eigenvalue weighted by Gasteiger charge is 2.25. The fourth-order valence-corrected chi connectivity index (χ4v) is 4.25. The molecule has 0 saturated carbocycles. The second kappa shape index (κ2) is 8.87. The number of hydrogen-bond acceptors (Lipinski definition) is 4. The van der Waals surface area contributed by atoms with Crippen molar-refractivity contribution in [3.05, 3.63) is 59.2 Å². The first-order valence-corrected chi connectivity index (χ1v) is 10.5. The maximum Gasteiger partial charge on any atom is 0.341 e. The molecule has 2 aliphatic rings. The van der Waals surface area contributed by atoms with Gasteiger partial charge in [-0.05, 0) is 85.6 Å². The normalized spacial score (nSPS) is 19.7. The number of nitrogens with zero attached hydrogens (tertiary/aromatic N) is 1. The third-order valence-corrected chi connectivity index (χ3v) is 5.98. The summed E-state index contributed by atoms with van der Waals surface area (Å²) in [6.45, 7) is 5.47. The fourth-order valence-electron chi connectivity index (χ4n) is 4.25. The maximum absolute atomic E-state index is 10.6. The lowest BCUT2D eigenvalue weighted by Crippen LogP contribution is -2.32. The van der Waals surface area contributed by atoms with Gasteiger partial charge in [-0.25, -0.2) is 4.79 Å². The molecule has 0 unspecified atom stereocenters. The van der Waals surface area contributed by atoms with E-state index in [1.54, 1.807) is 12.1 Å². The SMILES string of the molecule is CC1CCN(Cc2ccc3c(c2)CC[C@H]3Oc2ccc(OCC(=O)O)cc2)CC1. The Morgan fingerprint density at radius 2 is 1.79 bits per heavy atom. The number of ether oxygens (including phenoxy) is 2. The molecule has 1 fully saturated rings. The van der Waals surface area contributed by atoms with Crippen LogP contribution >= 0.6 is 0 Å². The summed E-state index contributed by atoms with van der Waals surface area (Å²) in [4.78, 5) is 13.2. The molecule has 2 aromatic carbocycles. The molecule has 154 valence electrons. The van der Waals surface area contributed by atoms with Gasteiger partial charge < -0.3 is 14.6 Å². The van der Waals surface area contributed by atoms with E-state index < -0.39 is 5.97 Å². The van der Waals surface area contributed by atoms with Gasteiger partial charge in [-0.1, -0.05) is 25.1 Å². The van der Waals surface area contributed by atoms with Crippen LogP contribution in [0.15, 0.2) is 42.5 Å². The van der Waals surface area contributed by atoms with E-state index in [1.165, 1.54) is 42.6 Å². The predicted molar refractivity (Wildman–Crippen MR) is 111 cm³/mol. The molecule has 2 aromatic rings. The van der Waals surface area contributed by atoms with Gasteiger partial charge in [0.25, 0.3) is 0 Å². The predicted octanol–water partition coefficient (Wildman–Crippen LogP) is 4.45. The second-order valence-electron chi connectivity index (χ2n) is 8.29. The lowest BCUT2D eigenvalue weighted by atomic mass is 9.98. The van der Waals surface area contributed by atoms with E-state index in [9.17, 15) is 4.79 Å². The third kappa shape index (κ3) is 5.10. The maximum atomic E-state index is 10.6. The molecule has 1 atom stereocenters. The first-order chi connectivity index (χ1) is 14.1. The summed E-state index contributed by atoms with van der Waals surface area (Å²) in [6, 6.07) is 14.0. The van der Waals surface area contributed by atoms with Gasteiger partial charge in [-0.3, -0.25) is 4.90 Å². The number of carboxylic acid groups (broad SMARTS) is 1. The topological polar surface area (TPSA) is 59.0 Å². The summed E-state index contributed by atoms with van der Waals surface area (Å²) in [7, 11) is 0. The van der Waals surface area contributed by atoms with Crippen LogP contribution in [0.2, 0.25) is 0 Å². The van der Waals surface area contributed by atoms with Crippen LogP contribution in [0.1, 0.15) is 49.0 Å². The monoisotopic (exact) mass is 395 g/mol. The molecule has 1 heterocycles. The Morgan fingerprint density at radius 3 is 2.52 bits per heavy atom. The highest BCUT2D eigenvalue weighted by molar-refractivity contribution is 5.68. The van der Waals surface area contributed by atoms with Crippen LogP contribution in [-0.2, 0) is 17.8 Å². The lowest BCUT2D eigenvalue weighted by molar-refractivity contribution is -0.139. The van der Waals surface area contributed by atoms with Crippen molar-refractivity contribution in [3.8, 4) is 11.5 Å². The number of likely N-dealkylation sites (tertiary alicyclic amines) is 1. The minimum Gasteiger partial charge on any atom is -0.486 e. The molecule has 0 spiro atoms. The van der Waals surface area contributed by atoms with Crippen molar-refractivity contribution in [2.75, 3.05) is 19.7 Å². The van der Waals surface area contributed by atoms with Crippen molar-refractivity contribution in [1.82, 2.24) is 4.90 Å². The van der Waals surface area contributed by atoms with E-state index >= 15 is 0 Å². The van der Waals surface area contributed by atoms with E-state index in [0.717, 1.165) is 31.1 Å². The molecule has 1 aliphatic heterocycles. The van der Waals surface area contributed by atoms with E-state index in [-0.39, 0.29) is 12.7 Å². The summed E-state index contributed by atoms with van der Waals surface area (Å²) in [5.41, 5.74) is 4.09.